The fraction of sp³-hybridized carbons (Fsp3) is 0.500. The Labute approximate surface area is 252 Å². The Morgan fingerprint density at radius 2 is 1.68 bits per heavy atom. The minimum Gasteiger partial charge on any atom is -0.495 e. The molecule has 2 heterocycles. The number of hydrogen-bond donors (Lipinski definition) is 0. The molecule has 10 nitrogen and oxygen atoms in total. The first kappa shape index (κ1) is 33.0. The van der Waals surface area contributed by atoms with E-state index in [1.54, 1.807) is 44.4 Å². The van der Waals surface area contributed by atoms with Crippen molar-refractivity contribution >= 4 is 55.0 Å². The van der Waals surface area contributed by atoms with E-state index in [4.69, 9.17) is 19.2 Å². The van der Waals surface area contributed by atoms with E-state index in [0.717, 1.165) is 43.6 Å². The molecule has 0 saturated carbocycles. The summed E-state index contributed by atoms with van der Waals surface area (Å²) in [6.45, 7) is 6.89. The first-order valence-corrected chi connectivity index (χ1v) is 15.8. The molecule has 4 rings (SSSR count). The van der Waals surface area contributed by atoms with Crippen LogP contribution in [-0.2, 0) is 14.8 Å². The van der Waals surface area contributed by atoms with Crippen molar-refractivity contribution in [1.82, 2.24) is 14.2 Å². The number of unbranched alkanes of at least 4 members (excludes halogenated alkanes) is 1. The highest BCUT2D eigenvalue weighted by Gasteiger charge is 2.26. The SMILES string of the molecule is CCCCN(C)S(=O)(=O)c1ccc(C(=O)N(CCCN2CCOCC2)c2nc3c(OC)ccc(OC)c3s2)cc1.Cl. The Kier molecular flexibility index (Phi) is 12.2. The summed E-state index contributed by atoms with van der Waals surface area (Å²) >= 11 is 1.37. The summed E-state index contributed by atoms with van der Waals surface area (Å²) in [4.78, 5) is 22.8. The van der Waals surface area contributed by atoms with Gasteiger partial charge in [-0.25, -0.2) is 17.7 Å². The Morgan fingerprint density at radius 3 is 2.32 bits per heavy atom. The number of amides is 1. The largest absolute Gasteiger partial charge is 0.495 e. The molecular weight excluding hydrogens is 588 g/mol. The summed E-state index contributed by atoms with van der Waals surface area (Å²) in [7, 11) is 1.13. The molecule has 2 aromatic carbocycles. The van der Waals surface area contributed by atoms with Crippen LogP contribution >= 0.6 is 23.7 Å². The molecule has 0 bridgehead atoms. The van der Waals surface area contributed by atoms with Crippen LogP contribution in [0.1, 0.15) is 36.5 Å². The monoisotopic (exact) mass is 626 g/mol. The summed E-state index contributed by atoms with van der Waals surface area (Å²) in [6.07, 6.45) is 2.42. The number of sulfonamides is 1. The Morgan fingerprint density at radius 1 is 1.02 bits per heavy atom. The molecule has 1 amide bonds. The number of nitrogens with zero attached hydrogens (tertiary/aromatic N) is 4. The highest BCUT2D eigenvalue weighted by atomic mass is 35.5. The van der Waals surface area contributed by atoms with E-state index in [1.807, 2.05) is 13.0 Å². The van der Waals surface area contributed by atoms with Gasteiger partial charge in [0.15, 0.2) is 5.13 Å². The lowest BCUT2D eigenvalue weighted by molar-refractivity contribution is 0.0376. The van der Waals surface area contributed by atoms with Crippen LogP contribution < -0.4 is 14.4 Å². The predicted molar refractivity (Wildman–Crippen MR) is 165 cm³/mol. The maximum Gasteiger partial charge on any atom is 0.260 e. The van der Waals surface area contributed by atoms with Crippen LogP contribution in [0.5, 0.6) is 11.5 Å². The summed E-state index contributed by atoms with van der Waals surface area (Å²) in [5.41, 5.74) is 1.02. The second-order valence-electron chi connectivity index (χ2n) is 9.61. The van der Waals surface area contributed by atoms with Crippen molar-refractivity contribution in [3.8, 4) is 11.5 Å². The van der Waals surface area contributed by atoms with E-state index in [1.165, 1.54) is 27.8 Å². The van der Waals surface area contributed by atoms with Crippen molar-refractivity contribution in [2.75, 3.05) is 72.1 Å². The number of methoxy groups -OCH3 is 2. The molecule has 0 spiro atoms. The maximum atomic E-state index is 13.9. The molecule has 1 aliphatic heterocycles. The molecule has 13 heteroatoms. The summed E-state index contributed by atoms with van der Waals surface area (Å²) in [6, 6.07) is 9.78. The standard InChI is InChI=1S/C28H38N4O6S2.ClH/c1-5-6-14-30(2)40(34,35)22-10-8-21(9-11-22)27(33)32(16-7-15-31-17-19-38-20-18-31)28-29-25-23(36-3)12-13-24(37-4)26(25)39-28;/h8-13H,5-7,14-20H2,1-4H3;1H. The number of aromatic nitrogens is 1. The minimum absolute atomic E-state index is 0. The van der Waals surface area contributed by atoms with Gasteiger partial charge in [-0.2, -0.15) is 0 Å². The molecule has 3 aromatic rings. The van der Waals surface area contributed by atoms with Gasteiger partial charge in [-0.05, 0) is 49.2 Å². The fourth-order valence-corrected chi connectivity index (χ4v) is 6.87. The third-order valence-corrected chi connectivity index (χ3v) is 9.93. The van der Waals surface area contributed by atoms with E-state index in [2.05, 4.69) is 4.90 Å². The number of ether oxygens (including phenoxy) is 3. The van der Waals surface area contributed by atoms with Gasteiger partial charge in [0.05, 0.1) is 32.3 Å². The topological polar surface area (TPSA) is 102 Å². The Bertz CT molecular complexity index is 1350. The number of thiazole rings is 1. The fourth-order valence-electron chi connectivity index (χ4n) is 4.56. The summed E-state index contributed by atoms with van der Waals surface area (Å²) in [5, 5.41) is 0.528. The van der Waals surface area contributed by atoms with Crippen molar-refractivity contribution in [2.24, 2.45) is 0 Å². The Hall–Kier alpha value is -2.48. The van der Waals surface area contributed by atoms with Crippen LogP contribution in [0.25, 0.3) is 10.2 Å². The smallest absolute Gasteiger partial charge is 0.260 e. The lowest BCUT2D eigenvalue weighted by Crippen LogP contribution is -2.39. The highest BCUT2D eigenvalue weighted by Crippen LogP contribution is 2.40. The average Bonchev–Trinajstić information content (AvgIpc) is 3.43. The van der Waals surface area contributed by atoms with Crippen molar-refractivity contribution in [1.29, 1.82) is 0 Å². The minimum atomic E-state index is -3.63. The number of morpholine rings is 1. The molecule has 41 heavy (non-hydrogen) atoms. The van der Waals surface area contributed by atoms with Gasteiger partial charge >= 0.3 is 0 Å². The second kappa shape index (κ2) is 15.1. The van der Waals surface area contributed by atoms with Gasteiger partial charge < -0.3 is 14.2 Å². The van der Waals surface area contributed by atoms with Crippen molar-refractivity contribution in [3.05, 3.63) is 42.0 Å². The molecule has 0 aliphatic carbocycles. The first-order valence-electron chi connectivity index (χ1n) is 13.5. The maximum absolute atomic E-state index is 13.9. The van der Waals surface area contributed by atoms with Gasteiger partial charge in [0.2, 0.25) is 10.0 Å². The average molecular weight is 627 g/mol. The van der Waals surface area contributed by atoms with Gasteiger partial charge in [0.1, 0.15) is 21.7 Å². The summed E-state index contributed by atoms with van der Waals surface area (Å²) in [5.74, 6) is 1.00. The number of fused-ring (bicyclic) bond motifs is 1. The number of carbonyl (C=O) groups excluding carboxylic acids is 1. The Balaban J connectivity index is 0.00000462. The molecule has 1 fully saturated rings. The predicted octanol–water partition coefficient (Wildman–Crippen LogP) is 4.53. The van der Waals surface area contributed by atoms with Crippen LogP contribution in [0, 0.1) is 0 Å². The second-order valence-corrected chi connectivity index (χ2v) is 12.6. The molecule has 0 unspecified atom stereocenters. The number of anilines is 1. The lowest BCUT2D eigenvalue weighted by atomic mass is 10.2. The van der Waals surface area contributed by atoms with Crippen molar-refractivity contribution in [3.63, 3.8) is 0 Å². The zero-order valence-corrected chi connectivity index (χ0v) is 26.4. The van der Waals surface area contributed by atoms with Crippen LogP contribution in [0.4, 0.5) is 5.13 Å². The van der Waals surface area contributed by atoms with Crippen LogP contribution in [0.15, 0.2) is 41.3 Å². The molecular formula is C28H39ClN4O6S2. The number of carbonyl (C=O) groups is 1. The molecule has 226 valence electrons. The van der Waals surface area contributed by atoms with E-state index in [9.17, 15) is 13.2 Å². The van der Waals surface area contributed by atoms with E-state index >= 15 is 0 Å². The number of halogens is 1. The van der Waals surface area contributed by atoms with Gasteiger partial charge in [0.25, 0.3) is 5.91 Å². The molecule has 1 saturated heterocycles. The van der Waals surface area contributed by atoms with E-state index in [-0.39, 0.29) is 23.2 Å². The van der Waals surface area contributed by atoms with Crippen molar-refractivity contribution < 1.29 is 27.4 Å². The third-order valence-electron chi connectivity index (χ3n) is 6.97. The lowest BCUT2D eigenvalue weighted by Gasteiger charge is -2.27. The normalized spacial score (nSPS) is 14.2. The van der Waals surface area contributed by atoms with Gasteiger partial charge in [0, 0.05) is 45.3 Å². The first-order chi connectivity index (χ1) is 19.3. The molecule has 1 aromatic heterocycles. The van der Waals surface area contributed by atoms with Crippen LogP contribution in [0.2, 0.25) is 0 Å². The van der Waals surface area contributed by atoms with Gasteiger partial charge in [-0.3, -0.25) is 14.6 Å². The van der Waals surface area contributed by atoms with Crippen molar-refractivity contribution in [2.45, 2.75) is 31.1 Å². The van der Waals surface area contributed by atoms with Gasteiger partial charge in [-0.15, -0.1) is 12.4 Å². The molecule has 0 atom stereocenters. The zero-order chi connectivity index (χ0) is 28.7. The van der Waals surface area contributed by atoms with Gasteiger partial charge in [-0.1, -0.05) is 24.7 Å². The molecule has 0 N–H and O–H groups in total. The number of benzene rings is 2. The number of rotatable bonds is 13. The zero-order valence-electron chi connectivity index (χ0n) is 24.0. The summed E-state index contributed by atoms with van der Waals surface area (Å²) < 4.78 is 44.6. The third kappa shape index (κ3) is 7.68. The van der Waals surface area contributed by atoms with E-state index < -0.39 is 10.0 Å². The quantitative estimate of drug-likeness (QED) is 0.273. The highest BCUT2D eigenvalue weighted by molar-refractivity contribution is 7.89. The molecule has 1 aliphatic rings. The number of hydrogen-bond acceptors (Lipinski definition) is 9. The van der Waals surface area contributed by atoms with Crippen LogP contribution in [-0.4, -0.2) is 95.7 Å². The van der Waals surface area contributed by atoms with E-state index in [0.29, 0.717) is 54.0 Å². The van der Waals surface area contributed by atoms with Crippen LogP contribution in [0.3, 0.4) is 0 Å². The molecule has 0 radical (unpaired) electrons.